The molecule has 1 spiro atoms. The molecule has 1 unspecified atom stereocenters. The Morgan fingerprint density at radius 3 is 2.88 bits per heavy atom. The minimum Gasteiger partial charge on any atom is -0.492 e. The average molecular weight is 454 g/mol. The zero-order chi connectivity index (χ0) is 21.8. The van der Waals surface area contributed by atoms with Gasteiger partial charge in [0.15, 0.2) is 5.76 Å². The van der Waals surface area contributed by atoms with Crippen molar-refractivity contribution in [3.63, 3.8) is 0 Å². The number of allylic oxidation sites excluding steroid dienone is 1. The fourth-order valence-corrected chi connectivity index (χ4v) is 8.99. The van der Waals surface area contributed by atoms with E-state index in [2.05, 4.69) is 42.2 Å². The third-order valence-corrected chi connectivity index (χ3v) is 10.0. The summed E-state index contributed by atoms with van der Waals surface area (Å²) in [6, 6.07) is 11.1. The van der Waals surface area contributed by atoms with Crippen LogP contribution in [0.15, 0.2) is 58.1 Å². The summed E-state index contributed by atoms with van der Waals surface area (Å²) in [5.74, 6) is 2.35. The molecule has 7 heteroatoms. The van der Waals surface area contributed by atoms with Crippen molar-refractivity contribution in [3.8, 4) is 0 Å². The highest BCUT2D eigenvalue weighted by molar-refractivity contribution is 7.99. The van der Waals surface area contributed by atoms with E-state index in [-0.39, 0.29) is 29.4 Å². The lowest BCUT2D eigenvalue weighted by Crippen LogP contribution is -2.62. The minimum absolute atomic E-state index is 0.0176. The van der Waals surface area contributed by atoms with E-state index in [0.29, 0.717) is 29.1 Å². The first kappa shape index (κ1) is 19.5. The largest absolute Gasteiger partial charge is 0.492 e. The molecule has 6 heterocycles. The van der Waals surface area contributed by atoms with Gasteiger partial charge in [0.25, 0.3) is 0 Å². The number of methoxy groups -OCH3 is 1. The number of esters is 1. The predicted molar refractivity (Wildman–Crippen MR) is 117 cm³/mol. The van der Waals surface area contributed by atoms with Gasteiger partial charge in [-0.3, -0.25) is 4.90 Å². The number of hydrogen-bond donors (Lipinski definition) is 0. The molecule has 1 aromatic carbocycles. The molecule has 32 heavy (non-hydrogen) atoms. The van der Waals surface area contributed by atoms with Crippen LogP contribution in [0.25, 0.3) is 0 Å². The number of hydrogen-bond acceptors (Lipinski definition) is 7. The Morgan fingerprint density at radius 2 is 2.09 bits per heavy atom. The van der Waals surface area contributed by atoms with Gasteiger partial charge in [-0.05, 0) is 38.4 Å². The van der Waals surface area contributed by atoms with E-state index < -0.39 is 5.79 Å². The van der Waals surface area contributed by atoms with Crippen molar-refractivity contribution in [2.24, 2.45) is 17.8 Å². The van der Waals surface area contributed by atoms with Gasteiger partial charge in [0.05, 0.1) is 30.2 Å². The number of carbonyl (C=O) groups excluding carboxylic acids is 1. The van der Waals surface area contributed by atoms with Gasteiger partial charge in [0.1, 0.15) is 5.76 Å². The first-order valence-electron chi connectivity index (χ1n) is 11.5. The molecule has 8 atom stereocenters. The predicted octanol–water partition coefficient (Wildman–Crippen LogP) is 3.69. The normalized spacial score (nSPS) is 47.3. The zero-order valence-electron chi connectivity index (χ0n) is 18.5. The van der Waals surface area contributed by atoms with Crippen LogP contribution in [0.5, 0.6) is 0 Å². The number of cyclic esters (lactones) is 1. The molecule has 5 fully saturated rings. The van der Waals surface area contributed by atoms with Crippen molar-refractivity contribution < 1.29 is 23.7 Å². The number of thioether (sulfide) groups is 1. The fourth-order valence-electron chi connectivity index (χ4n) is 7.69. The highest BCUT2D eigenvalue weighted by atomic mass is 32.2. The van der Waals surface area contributed by atoms with Crippen molar-refractivity contribution in [3.05, 3.63) is 53.2 Å². The first-order chi connectivity index (χ1) is 15.5. The molecule has 1 aromatic rings. The van der Waals surface area contributed by atoms with Crippen LogP contribution in [0.4, 0.5) is 0 Å². The van der Waals surface area contributed by atoms with Crippen molar-refractivity contribution in [2.75, 3.05) is 19.4 Å². The number of carbonyl (C=O) groups is 1. The molecule has 6 aliphatic rings. The van der Waals surface area contributed by atoms with Gasteiger partial charge in [-0.1, -0.05) is 25.1 Å². The quantitative estimate of drug-likeness (QED) is 0.509. The Hall–Kier alpha value is -1.96. The smallest absolute Gasteiger partial charge is 0.343 e. The van der Waals surface area contributed by atoms with Crippen LogP contribution in [-0.4, -0.2) is 53.7 Å². The summed E-state index contributed by atoms with van der Waals surface area (Å²) in [7, 11) is 1.58. The number of fused-ring (bicyclic) bond motifs is 1. The summed E-state index contributed by atoms with van der Waals surface area (Å²) in [6.45, 7) is 5.04. The van der Waals surface area contributed by atoms with Crippen LogP contribution in [0.1, 0.15) is 26.7 Å². The van der Waals surface area contributed by atoms with Gasteiger partial charge in [-0.2, -0.15) is 0 Å². The van der Waals surface area contributed by atoms with Gasteiger partial charge >= 0.3 is 5.97 Å². The number of rotatable bonds is 4. The van der Waals surface area contributed by atoms with Gasteiger partial charge in [0.2, 0.25) is 11.5 Å². The Morgan fingerprint density at radius 1 is 1.28 bits per heavy atom. The summed E-state index contributed by atoms with van der Waals surface area (Å²) in [4.78, 5) is 16.3. The van der Waals surface area contributed by atoms with Crippen LogP contribution in [0.2, 0.25) is 0 Å². The molecule has 7 rings (SSSR count). The molecular formula is C25H27NO5S. The molecular weight excluding hydrogens is 426 g/mol. The molecule has 0 saturated carbocycles. The van der Waals surface area contributed by atoms with E-state index in [9.17, 15) is 4.79 Å². The second-order valence-electron chi connectivity index (χ2n) is 9.92. The first-order valence-corrected chi connectivity index (χ1v) is 12.5. The van der Waals surface area contributed by atoms with Crippen molar-refractivity contribution >= 4 is 17.7 Å². The van der Waals surface area contributed by atoms with E-state index in [1.54, 1.807) is 14.0 Å². The second kappa shape index (κ2) is 6.33. The van der Waals surface area contributed by atoms with E-state index in [0.717, 1.165) is 30.9 Å². The van der Waals surface area contributed by atoms with Gasteiger partial charge in [-0.15, -0.1) is 11.8 Å². The highest BCUT2D eigenvalue weighted by Crippen LogP contribution is 2.72. The molecule has 6 nitrogen and oxygen atoms in total. The topological polar surface area (TPSA) is 57.2 Å². The second-order valence-corrected chi connectivity index (χ2v) is 11.0. The molecule has 0 N–H and O–H groups in total. The zero-order valence-corrected chi connectivity index (χ0v) is 19.3. The van der Waals surface area contributed by atoms with Crippen LogP contribution in [-0.2, 0) is 23.7 Å². The van der Waals surface area contributed by atoms with Crippen LogP contribution in [0, 0.1) is 17.8 Å². The Kier molecular flexibility index (Phi) is 3.86. The number of piperidine rings is 1. The molecule has 5 bridgehead atoms. The summed E-state index contributed by atoms with van der Waals surface area (Å²) >= 11 is 1.93. The lowest BCUT2D eigenvalue weighted by molar-refractivity contribution is -0.255. The molecule has 0 amide bonds. The molecule has 0 aromatic heterocycles. The van der Waals surface area contributed by atoms with E-state index in [1.165, 1.54) is 4.90 Å². The third kappa shape index (κ3) is 2.09. The minimum atomic E-state index is -0.624. The maximum absolute atomic E-state index is 12.3. The molecule has 5 saturated heterocycles. The monoisotopic (exact) mass is 453 g/mol. The molecule has 0 aliphatic carbocycles. The van der Waals surface area contributed by atoms with E-state index >= 15 is 0 Å². The lowest BCUT2D eigenvalue weighted by Gasteiger charge is -2.48. The van der Waals surface area contributed by atoms with Gasteiger partial charge in [-0.25, -0.2) is 4.79 Å². The van der Waals surface area contributed by atoms with E-state index in [4.69, 9.17) is 18.9 Å². The summed E-state index contributed by atoms with van der Waals surface area (Å²) in [5, 5.41) is 0. The SMILES string of the molecule is COC1=C(C)C(=O)O/C1=C1/O[C@@]23O[C@@H]4C[C@@H]([C@H]2[C@@H]1C)N1CC[C@H]3[C@@]41CSc1ccccc1. The molecule has 0 radical (unpaired) electrons. The maximum atomic E-state index is 12.3. The van der Waals surface area contributed by atoms with Crippen molar-refractivity contribution in [2.45, 2.75) is 55.1 Å². The van der Waals surface area contributed by atoms with Crippen LogP contribution < -0.4 is 0 Å². The summed E-state index contributed by atoms with van der Waals surface area (Å²) in [5.41, 5.74) is 0.512. The fraction of sp³-hybridized carbons (Fsp3) is 0.560. The van der Waals surface area contributed by atoms with Gasteiger partial charge < -0.3 is 18.9 Å². The van der Waals surface area contributed by atoms with Crippen LogP contribution >= 0.6 is 11.8 Å². The number of benzene rings is 1. The highest BCUT2D eigenvalue weighted by Gasteiger charge is 2.84. The third-order valence-electron chi connectivity index (χ3n) is 8.81. The molecule has 6 aliphatic heterocycles. The summed E-state index contributed by atoms with van der Waals surface area (Å²) in [6.07, 6.45) is 2.33. The Labute approximate surface area is 191 Å². The van der Waals surface area contributed by atoms with Gasteiger partial charge in [0, 0.05) is 28.5 Å². The van der Waals surface area contributed by atoms with E-state index in [1.807, 2.05) is 11.8 Å². The van der Waals surface area contributed by atoms with Crippen molar-refractivity contribution in [1.82, 2.24) is 4.90 Å². The summed E-state index contributed by atoms with van der Waals surface area (Å²) < 4.78 is 24.9. The lowest BCUT2D eigenvalue weighted by atomic mass is 9.71. The van der Waals surface area contributed by atoms with Crippen LogP contribution in [0.3, 0.4) is 0 Å². The number of ether oxygens (including phenoxy) is 4. The Bertz CT molecular complexity index is 1090. The molecule has 168 valence electrons. The standard InChI is InChI=1S/C25H27NO5S/c1-13-19-16-11-18-24(12-32-15-7-5-4-6-8-15)17(9-10-26(16)24)25(19,30-18)31-21(13)22-20(28-3)14(2)23(27)29-22/h4-8,13,16-19H,9-12H2,1-3H3/b22-21+/t13-,16-,17-,18+,19+,24-,25+/m0/s1. The van der Waals surface area contributed by atoms with Crippen molar-refractivity contribution in [1.29, 1.82) is 0 Å². The Balaban J connectivity index is 1.28. The maximum Gasteiger partial charge on any atom is 0.343 e. The number of nitrogens with zero attached hydrogens (tertiary/aromatic N) is 1. The average Bonchev–Trinajstić information content (AvgIpc) is 3.51.